The van der Waals surface area contributed by atoms with Gasteiger partial charge in [-0.2, -0.15) is 0 Å². The molecule has 1 saturated carbocycles. The average Bonchev–Trinajstić information content (AvgIpc) is 1.60. The van der Waals surface area contributed by atoms with Crippen molar-refractivity contribution >= 4 is 15.9 Å². The molecule has 1 aliphatic carbocycles. The van der Waals surface area contributed by atoms with Crippen LogP contribution in [0.2, 0.25) is 0 Å². The molecule has 1 rings (SSSR count). The van der Waals surface area contributed by atoms with Crippen LogP contribution >= 0.6 is 15.9 Å². The molecular weight excluding hydrogens is 184 g/mol. The normalized spacial score (nSPS) is 34.3. The van der Waals surface area contributed by atoms with Gasteiger partial charge < -0.3 is 10.2 Å². The number of alkyl halides is 1. The van der Waals surface area contributed by atoms with E-state index in [-0.39, 0.29) is 0 Å². The van der Waals surface area contributed by atoms with Gasteiger partial charge in [0.05, 0.1) is 0 Å². The Morgan fingerprint density at radius 1 is 1.44 bits per heavy atom. The molecule has 1 fully saturated rings. The Hall–Kier alpha value is 0.400. The Morgan fingerprint density at radius 2 is 2.11 bits per heavy atom. The van der Waals surface area contributed by atoms with Crippen LogP contribution in [0.5, 0.6) is 0 Å². The fraction of sp³-hybridized carbons (Fsp3) is 1.00. The van der Waals surface area contributed by atoms with Crippen LogP contribution in [0, 0.1) is 0 Å². The molecule has 0 saturated heterocycles. The van der Waals surface area contributed by atoms with Gasteiger partial charge in [0.2, 0.25) is 0 Å². The van der Waals surface area contributed by atoms with Crippen molar-refractivity contribution in [2.75, 3.05) is 0 Å². The molecular formula is C6H11BrO2. The number of aliphatic hydroxyl groups is 2. The van der Waals surface area contributed by atoms with E-state index in [0.29, 0.717) is 17.7 Å². The monoisotopic (exact) mass is 194 g/mol. The third-order valence-electron chi connectivity index (χ3n) is 1.64. The molecule has 0 radical (unpaired) electrons. The third-order valence-corrected chi connectivity index (χ3v) is 2.42. The van der Waals surface area contributed by atoms with Crippen LogP contribution in [0.3, 0.4) is 0 Å². The first-order valence-electron chi connectivity index (χ1n) is 3.19. The van der Waals surface area contributed by atoms with Crippen molar-refractivity contribution in [2.45, 2.75) is 36.3 Å². The summed E-state index contributed by atoms with van der Waals surface area (Å²) in [6.07, 6.45) is 2.95. The van der Waals surface area contributed by atoms with E-state index in [9.17, 15) is 0 Å². The van der Waals surface area contributed by atoms with Crippen LogP contribution < -0.4 is 0 Å². The number of halogens is 1. The Kier molecular flexibility index (Phi) is 2.14. The van der Waals surface area contributed by atoms with Crippen molar-refractivity contribution in [1.82, 2.24) is 0 Å². The lowest BCUT2D eigenvalue weighted by Crippen LogP contribution is -2.34. The molecule has 0 amide bonds. The number of rotatable bonds is 0. The zero-order valence-corrected chi connectivity index (χ0v) is 6.76. The van der Waals surface area contributed by atoms with E-state index in [0.717, 1.165) is 12.8 Å². The van der Waals surface area contributed by atoms with E-state index >= 15 is 0 Å². The van der Waals surface area contributed by atoms with Crippen LogP contribution in [-0.4, -0.2) is 20.8 Å². The van der Waals surface area contributed by atoms with E-state index in [1.54, 1.807) is 0 Å². The van der Waals surface area contributed by atoms with E-state index in [1.807, 2.05) is 0 Å². The average molecular weight is 195 g/mol. The highest BCUT2D eigenvalue weighted by Crippen LogP contribution is 2.29. The molecule has 0 aromatic carbocycles. The molecule has 0 aromatic heterocycles. The van der Waals surface area contributed by atoms with Gasteiger partial charge in [-0.25, -0.2) is 0 Å². The highest BCUT2D eigenvalue weighted by molar-refractivity contribution is 9.09. The number of hydrogen-bond donors (Lipinski definition) is 2. The largest absolute Gasteiger partial charge is 0.366 e. The Labute approximate surface area is 63.0 Å². The zero-order valence-electron chi connectivity index (χ0n) is 5.18. The van der Waals surface area contributed by atoms with Gasteiger partial charge in [0, 0.05) is 17.7 Å². The van der Waals surface area contributed by atoms with E-state index in [1.165, 1.54) is 0 Å². The van der Waals surface area contributed by atoms with Crippen LogP contribution in [0.15, 0.2) is 0 Å². The minimum atomic E-state index is -1.40. The summed E-state index contributed by atoms with van der Waals surface area (Å²) in [5.74, 6) is -1.40. The minimum Gasteiger partial charge on any atom is -0.366 e. The summed E-state index contributed by atoms with van der Waals surface area (Å²) in [6, 6.07) is 0. The van der Waals surface area contributed by atoms with Crippen molar-refractivity contribution < 1.29 is 10.2 Å². The zero-order chi connectivity index (χ0) is 6.91. The van der Waals surface area contributed by atoms with Gasteiger partial charge in [-0.15, -0.1) is 0 Å². The van der Waals surface area contributed by atoms with Crippen molar-refractivity contribution in [3.8, 4) is 0 Å². The molecule has 0 heterocycles. The first kappa shape index (κ1) is 7.51. The second-order valence-electron chi connectivity index (χ2n) is 2.68. The molecule has 1 atom stereocenters. The van der Waals surface area contributed by atoms with Gasteiger partial charge in [-0.05, 0) is 12.8 Å². The lowest BCUT2D eigenvalue weighted by atomic mass is 9.95. The Morgan fingerprint density at radius 3 is 2.44 bits per heavy atom. The second-order valence-corrected chi connectivity index (χ2v) is 3.97. The molecule has 54 valence electrons. The third kappa shape index (κ3) is 2.24. The van der Waals surface area contributed by atoms with Gasteiger partial charge in [-0.1, -0.05) is 15.9 Å². The lowest BCUT2D eigenvalue weighted by molar-refractivity contribution is -0.178. The van der Waals surface area contributed by atoms with Crippen LogP contribution in [-0.2, 0) is 0 Å². The van der Waals surface area contributed by atoms with Gasteiger partial charge in [0.15, 0.2) is 5.79 Å². The predicted molar refractivity (Wildman–Crippen MR) is 38.4 cm³/mol. The molecule has 1 unspecified atom stereocenters. The summed E-state index contributed by atoms with van der Waals surface area (Å²) in [5.41, 5.74) is 0. The quantitative estimate of drug-likeness (QED) is 0.447. The SMILES string of the molecule is OC1(O)CCCC(Br)C1. The molecule has 0 spiro atoms. The summed E-state index contributed by atoms with van der Waals surface area (Å²) in [7, 11) is 0. The van der Waals surface area contributed by atoms with E-state index < -0.39 is 5.79 Å². The van der Waals surface area contributed by atoms with Crippen LogP contribution in [0.1, 0.15) is 25.7 Å². The summed E-state index contributed by atoms with van der Waals surface area (Å²) in [6.45, 7) is 0. The van der Waals surface area contributed by atoms with Gasteiger partial charge in [-0.3, -0.25) is 0 Å². The van der Waals surface area contributed by atoms with E-state index in [4.69, 9.17) is 10.2 Å². The molecule has 3 heteroatoms. The van der Waals surface area contributed by atoms with Crippen LogP contribution in [0.25, 0.3) is 0 Å². The highest BCUT2D eigenvalue weighted by Gasteiger charge is 2.30. The second kappa shape index (κ2) is 2.56. The van der Waals surface area contributed by atoms with Crippen LogP contribution in [0.4, 0.5) is 0 Å². The van der Waals surface area contributed by atoms with Crippen molar-refractivity contribution in [3.05, 3.63) is 0 Å². The standard InChI is InChI=1S/C6H11BrO2/c7-5-2-1-3-6(8,9)4-5/h5,8-9H,1-4H2. The lowest BCUT2D eigenvalue weighted by Gasteiger charge is -2.29. The highest BCUT2D eigenvalue weighted by atomic mass is 79.9. The molecule has 0 aromatic rings. The maximum Gasteiger partial charge on any atom is 0.163 e. The maximum absolute atomic E-state index is 9.07. The van der Waals surface area contributed by atoms with E-state index in [2.05, 4.69) is 15.9 Å². The van der Waals surface area contributed by atoms with Gasteiger partial charge >= 0.3 is 0 Å². The minimum absolute atomic E-state index is 0.293. The Balaban J connectivity index is 2.41. The summed E-state index contributed by atoms with van der Waals surface area (Å²) in [4.78, 5) is 0.293. The van der Waals surface area contributed by atoms with Crippen molar-refractivity contribution in [1.29, 1.82) is 0 Å². The van der Waals surface area contributed by atoms with Crippen molar-refractivity contribution in [2.24, 2.45) is 0 Å². The summed E-state index contributed by atoms with van der Waals surface area (Å²) < 4.78 is 0. The summed E-state index contributed by atoms with van der Waals surface area (Å²) >= 11 is 3.34. The predicted octanol–water partition coefficient (Wildman–Crippen LogP) is 1.00. The molecule has 2 N–H and O–H groups in total. The summed E-state index contributed by atoms with van der Waals surface area (Å²) in [5, 5.41) is 18.1. The maximum atomic E-state index is 9.07. The smallest absolute Gasteiger partial charge is 0.163 e. The number of hydrogen-bond acceptors (Lipinski definition) is 2. The Bertz CT molecular complexity index is 103. The molecule has 1 aliphatic rings. The first-order valence-corrected chi connectivity index (χ1v) is 4.10. The fourth-order valence-corrected chi connectivity index (χ4v) is 2.01. The topological polar surface area (TPSA) is 40.5 Å². The first-order chi connectivity index (χ1) is 4.10. The molecule has 0 bridgehead atoms. The van der Waals surface area contributed by atoms with Gasteiger partial charge in [0.25, 0.3) is 0 Å². The fourth-order valence-electron chi connectivity index (χ4n) is 1.17. The molecule has 0 aliphatic heterocycles. The molecule has 2 nitrogen and oxygen atoms in total. The van der Waals surface area contributed by atoms with Crippen molar-refractivity contribution in [3.63, 3.8) is 0 Å². The van der Waals surface area contributed by atoms with Gasteiger partial charge in [0.1, 0.15) is 0 Å². The molecule has 9 heavy (non-hydrogen) atoms.